The first-order chi connectivity index (χ1) is 8.72. The monoisotopic (exact) mass is 321 g/mol. The molecule has 0 amide bonds. The van der Waals surface area contributed by atoms with Gasteiger partial charge in [-0.1, -0.05) is 45.7 Å². The van der Waals surface area contributed by atoms with E-state index < -0.39 is 0 Å². The van der Waals surface area contributed by atoms with Gasteiger partial charge in [-0.3, -0.25) is 0 Å². The first-order valence-electron chi connectivity index (χ1n) is 6.03. The SMILES string of the molecule is Clc1cccc(C2CCc3ccc(Br)cc3N2)c1. The van der Waals surface area contributed by atoms with Crippen LogP contribution in [0, 0.1) is 0 Å². The predicted octanol–water partition coefficient (Wildman–Crippen LogP) is 5.20. The fourth-order valence-electron chi connectivity index (χ4n) is 2.43. The Morgan fingerprint density at radius 3 is 2.89 bits per heavy atom. The van der Waals surface area contributed by atoms with Crippen molar-refractivity contribution in [1.29, 1.82) is 0 Å². The van der Waals surface area contributed by atoms with Crippen molar-refractivity contribution < 1.29 is 0 Å². The molecule has 0 bridgehead atoms. The molecule has 0 aliphatic carbocycles. The lowest BCUT2D eigenvalue weighted by Crippen LogP contribution is -2.17. The Hall–Kier alpha value is -0.990. The largest absolute Gasteiger partial charge is 0.378 e. The van der Waals surface area contributed by atoms with Crippen molar-refractivity contribution >= 4 is 33.2 Å². The number of anilines is 1. The summed E-state index contributed by atoms with van der Waals surface area (Å²) in [6, 6.07) is 14.9. The molecule has 1 N–H and O–H groups in total. The maximum atomic E-state index is 6.05. The molecule has 1 nitrogen and oxygen atoms in total. The maximum absolute atomic E-state index is 6.05. The lowest BCUT2D eigenvalue weighted by atomic mass is 9.93. The van der Waals surface area contributed by atoms with Gasteiger partial charge >= 0.3 is 0 Å². The number of halogens is 2. The van der Waals surface area contributed by atoms with Crippen molar-refractivity contribution in [3.8, 4) is 0 Å². The Morgan fingerprint density at radius 2 is 2.06 bits per heavy atom. The summed E-state index contributed by atoms with van der Waals surface area (Å²) in [5.41, 5.74) is 3.87. The van der Waals surface area contributed by atoms with Crippen LogP contribution >= 0.6 is 27.5 Å². The highest BCUT2D eigenvalue weighted by Gasteiger charge is 2.19. The van der Waals surface area contributed by atoms with Crippen LogP contribution in [-0.4, -0.2) is 0 Å². The molecule has 0 saturated heterocycles. The minimum atomic E-state index is 0.352. The molecule has 0 aromatic heterocycles. The zero-order chi connectivity index (χ0) is 12.5. The van der Waals surface area contributed by atoms with Crippen LogP contribution in [0.2, 0.25) is 5.02 Å². The lowest BCUT2D eigenvalue weighted by molar-refractivity contribution is 0.668. The van der Waals surface area contributed by atoms with Crippen LogP contribution in [0.4, 0.5) is 5.69 Å². The normalized spacial score (nSPS) is 18.0. The summed E-state index contributed by atoms with van der Waals surface area (Å²) in [5.74, 6) is 0. The van der Waals surface area contributed by atoms with Gasteiger partial charge in [0.2, 0.25) is 0 Å². The van der Waals surface area contributed by atoms with E-state index in [-0.39, 0.29) is 0 Å². The summed E-state index contributed by atoms with van der Waals surface area (Å²) in [6.07, 6.45) is 2.21. The van der Waals surface area contributed by atoms with Crippen LogP contribution in [0.25, 0.3) is 0 Å². The van der Waals surface area contributed by atoms with E-state index in [4.69, 9.17) is 11.6 Å². The molecule has 0 radical (unpaired) electrons. The third kappa shape index (κ3) is 2.40. The molecule has 1 unspecified atom stereocenters. The summed E-state index contributed by atoms with van der Waals surface area (Å²) in [5, 5.41) is 4.39. The van der Waals surface area contributed by atoms with Crippen molar-refractivity contribution in [2.24, 2.45) is 0 Å². The standard InChI is InChI=1S/C15H13BrClN/c16-12-6-4-10-5-7-14(18-15(10)9-12)11-2-1-3-13(17)8-11/h1-4,6,8-9,14,18H,5,7H2. The summed E-state index contributed by atoms with van der Waals surface area (Å²) in [6.45, 7) is 0. The van der Waals surface area contributed by atoms with Crippen LogP contribution in [0.3, 0.4) is 0 Å². The number of benzene rings is 2. The molecule has 0 spiro atoms. The van der Waals surface area contributed by atoms with Gasteiger partial charge < -0.3 is 5.32 Å². The topological polar surface area (TPSA) is 12.0 Å². The molecule has 3 heteroatoms. The molecule has 3 rings (SSSR count). The van der Waals surface area contributed by atoms with E-state index >= 15 is 0 Å². The Labute approximate surface area is 120 Å². The number of hydrogen-bond acceptors (Lipinski definition) is 1. The van der Waals surface area contributed by atoms with Gasteiger partial charge in [0.1, 0.15) is 0 Å². The average Bonchev–Trinajstić information content (AvgIpc) is 2.38. The number of fused-ring (bicyclic) bond motifs is 1. The lowest BCUT2D eigenvalue weighted by Gasteiger charge is -2.27. The van der Waals surface area contributed by atoms with E-state index in [1.807, 2.05) is 18.2 Å². The molecule has 92 valence electrons. The molecular formula is C15H13BrClN. The second-order valence-electron chi connectivity index (χ2n) is 4.59. The van der Waals surface area contributed by atoms with E-state index in [0.717, 1.165) is 22.3 Å². The molecule has 2 aromatic rings. The molecule has 1 atom stereocenters. The molecule has 0 saturated carbocycles. The smallest absolute Gasteiger partial charge is 0.0517 e. The van der Waals surface area contributed by atoms with Gasteiger partial charge in [-0.2, -0.15) is 0 Å². The van der Waals surface area contributed by atoms with Crippen molar-refractivity contribution in [1.82, 2.24) is 0 Å². The molecule has 1 heterocycles. The highest BCUT2D eigenvalue weighted by Crippen LogP contribution is 2.34. The molecule has 1 aliphatic heterocycles. The first kappa shape index (κ1) is 12.1. The minimum Gasteiger partial charge on any atom is -0.378 e. The van der Waals surface area contributed by atoms with Gasteiger partial charge in [-0.25, -0.2) is 0 Å². The maximum Gasteiger partial charge on any atom is 0.0517 e. The van der Waals surface area contributed by atoms with Gasteiger partial charge in [0.15, 0.2) is 0 Å². The number of nitrogens with one attached hydrogen (secondary N) is 1. The molecule has 1 aliphatic rings. The van der Waals surface area contributed by atoms with E-state index in [2.05, 4.69) is 45.5 Å². The van der Waals surface area contributed by atoms with Crippen molar-refractivity contribution in [3.05, 3.63) is 63.1 Å². The second kappa shape index (κ2) is 4.94. The summed E-state index contributed by atoms with van der Waals surface area (Å²) in [7, 11) is 0. The third-order valence-corrected chi connectivity index (χ3v) is 4.08. The van der Waals surface area contributed by atoms with Crippen molar-refractivity contribution in [3.63, 3.8) is 0 Å². The number of hydrogen-bond donors (Lipinski definition) is 1. The number of aryl methyl sites for hydroxylation is 1. The highest BCUT2D eigenvalue weighted by atomic mass is 79.9. The van der Waals surface area contributed by atoms with E-state index in [1.54, 1.807) is 0 Å². The highest BCUT2D eigenvalue weighted by molar-refractivity contribution is 9.10. The van der Waals surface area contributed by atoms with Crippen LogP contribution in [0.1, 0.15) is 23.6 Å². The van der Waals surface area contributed by atoms with Crippen LogP contribution in [0.5, 0.6) is 0 Å². The van der Waals surface area contributed by atoms with Crippen LogP contribution < -0.4 is 5.32 Å². The van der Waals surface area contributed by atoms with Gasteiger partial charge in [0.05, 0.1) is 6.04 Å². The van der Waals surface area contributed by atoms with Gasteiger partial charge in [0.25, 0.3) is 0 Å². The number of rotatable bonds is 1. The minimum absolute atomic E-state index is 0.352. The van der Waals surface area contributed by atoms with Gasteiger partial charge in [0, 0.05) is 15.2 Å². The Balaban J connectivity index is 1.90. The van der Waals surface area contributed by atoms with E-state index in [0.29, 0.717) is 6.04 Å². The van der Waals surface area contributed by atoms with E-state index in [1.165, 1.54) is 16.8 Å². The summed E-state index contributed by atoms with van der Waals surface area (Å²) < 4.78 is 1.11. The van der Waals surface area contributed by atoms with Crippen molar-refractivity contribution in [2.45, 2.75) is 18.9 Å². The Bertz CT molecular complexity index is 582. The third-order valence-electron chi connectivity index (χ3n) is 3.36. The van der Waals surface area contributed by atoms with Crippen LogP contribution in [0.15, 0.2) is 46.9 Å². The molecule has 2 aromatic carbocycles. The first-order valence-corrected chi connectivity index (χ1v) is 7.20. The second-order valence-corrected chi connectivity index (χ2v) is 5.94. The molecule has 18 heavy (non-hydrogen) atoms. The van der Waals surface area contributed by atoms with Crippen LogP contribution in [-0.2, 0) is 6.42 Å². The fourth-order valence-corrected chi connectivity index (χ4v) is 2.99. The average molecular weight is 323 g/mol. The van der Waals surface area contributed by atoms with E-state index in [9.17, 15) is 0 Å². The Morgan fingerprint density at radius 1 is 1.17 bits per heavy atom. The van der Waals surface area contributed by atoms with Gasteiger partial charge in [-0.05, 0) is 48.2 Å². The molecule has 0 fully saturated rings. The zero-order valence-electron chi connectivity index (χ0n) is 9.79. The fraction of sp³-hybridized carbons (Fsp3) is 0.200. The predicted molar refractivity (Wildman–Crippen MR) is 80.3 cm³/mol. The van der Waals surface area contributed by atoms with Gasteiger partial charge in [-0.15, -0.1) is 0 Å². The summed E-state index contributed by atoms with van der Waals surface area (Å²) >= 11 is 9.57. The zero-order valence-corrected chi connectivity index (χ0v) is 12.1. The van der Waals surface area contributed by atoms with Crippen molar-refractivity contribution in [2.75, 3.05) is 5.32 Å². The Kier molecular flexibility index (Phi) is 3.31. The molecular weight excluding hydrogens is 310 g/mol. The summed E-state index contributed by atoms with van der Waals surface area (Å²) in [4.78, 5) is 0. The quantitative estimate of drug-likeness (QED) is 0.760.